The summed E-state index contributed by atoms with van der Waals surface area (Å²) < 4.78 is 1.97. The minimum atomic E-state index is -0.633. The second-order valence-electron chi connectivity index (χ2n) is 4.76. The van der Waals surface area contributed by atoms with Gasteiger partial charge in [0, 0.05) is 12.4 Å². The molecule has 0 saturated heterocycles. The first kappa shape index (κ1) is 12.5. The predicted molar refractivity (Wildman–Crippen MR) is 78.2 cm³/mol. The maximum atomic E-state index is 4.32. The van der Waals surface area contributed by atoms with Crippen LogP contribution in [-0.2, 0) is 7.05 Å². The molecule has 2 rings (SSSR count). The van der Waals surface area contributed by atoms with Gasteiger partial charge in [0.25, 0.3) is 0 Å². The molecule has 17 heavy (non-hydrogen) atoms. The first-order valence-electron chi connectivity index (χ1n) is 6.26. The second-order valence-corrected chi connectivity index (χ2v) is 8.76. The Bertz CT molecular complexity index is 518. The molecule has 2 nitrogen and oxygen atoms in total. The van der Waals surface area contributed by atoms with Crippen LogP contribution in [0, 0.1) is 0 Å². The van der Waals surface area contributed by atoms with Gasteiger partial charge in [-0.15, -0.1) is 0 Å². The van der Waals surface area contributed by atoms with E-state index in [4.69, 9.17) is 0 Å². The number of aromatic nitrogens is 2. The van der Waals surface area contributed by atoms with Crippen molar-refractivity contribution in [3.8, 4) is 0 Å². The smallest absolute Gasteiger partial charge is 0.0689 e. The third-order valence-corrected chi connectivity index (χ3v) is 7.56. The minimum Gasteiger partial charge on any atom is -0.268 e. The summed E-state index contributed by atoms with van der Waals surface area (Å²) in [6, 6.07) is 6.86. The molecule has 0 radical (unpaired) electrons. The molecule has 0 saturated carbocycles. The van der Waals surface area contributed by atoms with Crippen LogP contribution in [0.1, 0.15) is 20.3 Å². The molecule has 1 heterocycles. The van der Waals surface area contributed by atoms with Gasteiger partial charge in [0.05, 0.1) is 11.7 Å². The highest BCUT2D eigenvalue weighted by atomic mass is 32.3. The number of hydrogen-bond donors (Lipinski definition) is 0. The molecule has 0 amide bonds. The van der Waals surface area contributed by atoms with E-state index < -0.39 is 10.0 Å². The highest BCUT2D eigenvalue weighted by Gasteiger charge is 2.18. The molecule has 1 atom stereocenters. The Balaban J connectivity index is 2.50. The fourth-order valence-electron chi connectivity index (χ4n) is 2.31. The van der Waals surface area contributed by atoms with Crippen molar-refractivity contribution in [2.24, 2.45) is 7.05 Å². The Morgan fingerprint density at radius 2 is 2.06 bits per heavy atom. The molecule has 1 aromatic heterocycles. The normalized spacial score (nSPS) is 16.9. The van der Waals surface area contributed by atoms with Crippen LogP contribution in [0.25, 0.3) is 10.9 Å². The van der Waals surface area contributed by atoms with E-state index in [0.29, 0.717) is 0 Å². The van der Waals surface area contributed by atoms with Gasteiger partial charge in [-0.2, -0.15) is 5.10 Å². The van der Waals surface area contributed by atoms with Gasteiger partial charge in [-0.05, 0) is 41.2 Å². The predicted octanol–water partition coefficient (Wildman–Crippen LogP) is 3.80. The van der Waals surface area contributed by atoms with Crippen molar-refractivity contribution in [2.45, 2.75) is 25.2 Å². The van der Waals surface area contributed by atoms with E-state index in [-0.39, 0.29) is 0 Å². The van der Waals surface area contributed by atoms with Crippen molar-refractivity contribution in [3.05, 3.63) is 24.4 Å². The summed E-state index contributed by atoms with van der Waals surface area (Å²) in [4.78, 5) is 1.53. The third kappa shape index (κ3) is 2.21. The van der Waals surface area contributed by atoms with Gasteiger partial charge >= 0.3 is 0 Å². The van der Waals surface area contributed by atoms with Gasteiger partial charge in [-0.1, -0.05) is 19.9 Å². The third-order valence-electron chi connectivity index (χ3n) is 3.58. The minimum absolute atomic E-state index is 0.633. The number of hydrogen-bond acceptors (Lipinski definition) is 1. The van der Waals surface area contributed by atoms with Gasteiger partial charge in [0.1, 0.15) is 0 Å². The van der Waals surface area contributed by atoms with Gasteiger partial charge in [-0.3, -0.25) is 4.68 Å². The summed E-state index contributed by atoms with van der Waals surface area (Å²) in [5, 5.41) is 5.56. The number of benzene rings is 1. The fourth-order valence-corrected chi connectivity index (χ4v) is 4.86. The molecule has 0 fully saturated rings. The second kappa shape index (κ2) is 4.73. The highest BCUT2D eigenvalue weighted by Crippen LogP contribution is 2.53. The zero-order valence-electron chi connectivity index (χ0n) is 11.2. The van der Waals surface area contributed by atoms with Crippen LogP contribution >= 0.6 is 10.0 Å². The summed E-state index contributed by atoms with van der Waals surface area (Å²) in [6.45, 7) is 4.60. The average Bonchev–Trinajstić information content (AvgIpc) is 2.71. The Labute approximate surface area is 105 Å². The van der Waals surface area contributed by atoms with Crippen LogP contribution in [0.5, 0.6) is 0 Å². The summed E-state index contributed by atoms with van der Waals surface area (Å²) in [7, 11) is 1.39. The number of aryl methyl sites for hydroxylation is 1. The summed E-state index contributed by atoms with van der Waals surface area (Å²) in [5.41, 5.74) is 1.26. The van der Waals surface area contributed by atoms with Gasteiger partial charge < -0.3 is 0 Å². The lowest BCUT2D eigenvalue weighted by Crippen LogP contribution is -2.06. The summed E-state index contributed by atoms with van der Waals surface area (Å²) >= 11 is 0. The van der Waals surface area contributed by atoms with Gasteiger partial charge in [-0.25, -0.2) is 10.0 Å². The number of rotatable bonds is 4. The number of fused-ring (bicyclic) bond motifs is 1. The van der Waals surface area contributed by atoms with E-state index >= 15 is 0 Å². The molecule has 0 bridgehead atoms. The lowest BCUT2D eigenvalue weighted by atomic mass is 10.2. The lowest BCUT2D eigenvalue weighted by molar-refractivity contribution is 0.796. The fraction of sp³-hybridized carbons (Fsp3) is 0.500. The van der Waals surface area contributed by atoms with Crippen molar-refractivity contribution in [2.75, 3.05) is 17.8 Å². The van der Waals surface area contributed by atoms with Crippen LogP contribution < -0.4 is 0 Å². The van der Waals surface area contributed by atoms with Crippen molar-refractivity contribution in [3.63, 3.8) is 0 Å². The van der Waals surface area contributed by atoms with E-state index in [1.54, 1.807) is 0 Å². The molecule has 1 unspecified atom stereocenters. The molecule has 0 aliphatic rings. The van der Waals surface area contributed by atoms with E-state index in [9.17, 15) is 0 Å². The lowest BCUT2D eigenvalue weighted by Gasteiger charge is -2.35. The van der Waals surface area contributed by atoms with Gasteiger partial charge in [0.15, 0.2) is 0 Å². The zero-order valence-corrected chi connectivity index (χ0v) is 12.0. The maximum Gasteiger partial charge on any atom is 0.0689 e. The molecule has 1 aromatic carbocycles. The molecule has 3 heteroatoms. The molecular formula is C14H22N2S. The molecule has 0 aliphatic carbocycles. The van der Waals surface area contributed by atoms with Crippen molar-refractivity contribution >= 4 is 20.9 Å². The van der Waals surface area contributed by atoms with Crippen LogP contribution in [0.4, 0.5) is 0 Å². The number of nitrogens with zero attached hydrogens (tertiary/aromatic N) is 2. The van der Waals surface area contributed by atoms with Crippen molar-refractivity contribution in [1.29, 1.82) is 0 Å². The Morgan fingerprint density at radius 1 is 1.29 bits per heavy atom. The first-order valence-corrected chi connectivity index (χ1v) is 8.64. The summed E-state index contributed by atoms with van der Waals surface area (Å²) in [6.07, 6.45) is 5.66. The van der Waals surface area contributed by atoms with E-state index in [1.165, 1.54) is 33.7 Å². The highest BCUT2D eigenvalue weighted by molar-refractivity contribution is 8.33. The first-order chi connectivity index (χ1) is 8.10. The van der Waals surface area contributed by atoms with Crippen LogP contribution in [0.15, 0.2) is 29.3 Å². The van der Waals surface area contributed by atoms with Crippen molar-refractivity contribution < 1.29 is 0 Å². The largest absolute Gasteiger partial charge is 0.268 e. The topological polar surface area (TPSA) is 17.8 Å². The molecule has 2 aromatic rings. The van der Waals surface area contributed by atoms with Crippen LogP contribution in [0.3, 0.4) is 0 Å². The molecule has 94 valence electrons. The standard InChI is InChI=1S/C14H22N2S/c1-5-9-17(4,6-2)13-8-7-12-11-15-16(3)14(12)10-13/h7-8,10-11H,5-6,9H2,1-4H3. The SMILES string of the molecule is CCCS(C)(CC)c1ccc2cnn(C)c2c1. The molecule has 0 aliphatic heterocycles. The maximum absolute atomic E-state index is 4.32. The van der Waals surface area contributed by atoms with Crippen LogP contribution in [-0.4, -0.2) is 27.5 Å². The Kier molecular flexibility index (Phi) is 3.48. The monoisotopic (exact) mass is 250 g/mol. The van der Waals surface area contributed by atoms with Crippen molar-refractivity contribution in [1.82, 2.24) is 9.78 Å². The van der Waals surface area contributed by atoms with Gasteiger partial charge in [0.2, 0.25) is 0 Å². The summed E-state index contributed by atoms with van der Waals surface area (Å²) in [5.74, 6) is 2.59. The Morgan fingerprint density at radius 3 is 2.71 bits per heavy atom. The molecule has 0 spiro atoms. The van der Waals surface area contributed by atoms with E-state index in [2.05, 4.69) is 43.4 Å². The zero-order chi connectivity index (χ0) is 12.5. The van der Waals surface area contributed by atoms with Crippen LogP contribution in [0.2, 0.25) is 0 Å². The van der Waals surface area contributed by atoms with E-state index in [0.717, 1.165) is 0 Å². The molecular weight excluding hydrogens is 228 g/mol. The van der Waals surface area contributed by atoms with E-state index in [1.807, 2.05) is 17.9 Å². The quantitative estimate of drug-likeness (QED) is 0.807. The Hall–Kier alpha value is -0.960. The average molecular weight is 250 g/mol. The molecule has 0 N–H and O–H groups in total.